The first-order valence-corrected chi connectivity index (χ1v) is 3.85. The molecular weight excluding hydrogens is 126 g/mol. The molecule has 10 heavy (non-hydrogen) atoms. The van der Waals surface area contributed by atoms with Gasteiger partial charge in [0.05, 0.1) is 0 Å². The van der Waals surface area contributed by atoms with Gasteiger partial charge < -0.3 is 4.90 Å². The van der Waals surface area contributed by atoms with Gasteiger partial charge in [-0.2, -0.15) is 0 Å². The molecule has 2 nitrogen and oxygen atoms in total. The second-order valence-corrected chi connectivity index (χ2v) is 3.48. The van der Waals surface area contributed by atoms with E-state index in [-0.39, 0.29) is 0 Å². The Morgan fingerprint density at radius 1 is 1.60 bits per heavy atom. The van der Waals surface area contributed by atoms with Crippen LogP contribution in [0.4, 0.5) is 0 Å². The van der Waals surface area contributed by atoms with Gasteiger partial charge in [0, 0.05) is 20.0 Å². The summed E-state index contributed by atoms with van der Waals surface area (Å²) in [4.78, 5) is 12.8. The van der Waals surface area contributed by atoms with Crippen molar-refractivity contribution in [2.75, 3.05) is 13.6 Å². The number of hydrogen-bond acceptors (Lipinski definition) is 1. The Labute approximate surface area is 62.2 Å². The molecule has 0 aliphatic carbocycles. The van der Waals surface area contributed by atoms with Crippen molar-refractivity contribution >= 4 is 5.91 Å². The van der Waals surface area contributed by atoms with Crippen molar-refractivity contribution in [1.29, 1.82) is 0 Å². The predicted octanol–water partition coefficient (Wildman–Crippen LogP) is 1.12. The molecule has 1 rings (SSSR count). The third kappa shape index (κ3) is 1.31. The van der Waals surface area contributed by atoms with Gasteiger partial charge in [-0.15, -0.1) is 0 Å². The molecule has 1 saturated heterocycles. The van der Waals surface area contributed by atoms with Crippen LogP contribution in [0.1, 0.15) is 20.3 Å². The van der Waals surface area contributed by atoms with Crippen LogP contribution >= 0.6 is 0 Å². The minimum Gasteiger partial charge on any atom is -0.345 e. The van der Waals surface area contributed by atoms with Gasteiger partial charge in [0.2, 0.25) is 5.91 Å². The zero-order valence-corrected chi connectivity index (χ0v) is 6.92. The lowest BCUT2D eigenvalue weighted by molar-refractivity contribution is -0.126. The molecule has 58 valence electrons. The predicted molar refractivity (Wildman–Crippen MR) is 40.6 cm³/mol. The third-order valence-electron chi connectivity index (χ3n) is 2.31. The van der Waals surface area contributed by atoms with E-state index < -0.39 is 0 Å². The highest BCUT2D eigenvalue weighted by molar-refractivity contribution is 5.78. The molecular formula is C8H15NO. The lowest BCUT2D eigenvalue weighted by Gasteiger charge is -2.12. The van der Waals surface area contributed by atoms with Crippen molar-refractivity contribution in [3.05, 3.63) is 0 Å². The van der Waals surface area contributed by atoms with E-state index in [4.69, 9.17) is 0 Å². The Morgan fingerprint density at radius 2 is 2.20 bits per heavy atom. The van der Waals surface area contributed by atoms with Gasteiger partial charge in [-0.25, -0.2) is 0 Å². The highest BCUT2D eigenvalue weighted by atomic mass is 16.2. The van der Waals surface area contributed by atoms with E-state index in [1.165, 1.54) is 0 Å². The molecule has 0 bridgehead atoms. The van der Waals surface area contributed by atoms with Crippen molar-refractivity contribution in [1.82, 2.24) is 4.90 Å². The molecule has 1 aliphatic rings. The van der Waals surface area contributed by atoms with Crippen molar-refractivity contribution in [3.8, 4) is 0 Å². The summed E-state index contributed by atoms with van der Waals surface area (Å²) >= 11 is 0. The van der Waals surface area contributed by atoms with Crippen LogP contribution in [0.25, 0.3) is 0 Å². The minimum atomic E-state index is 0.304. The topological polar surface area (TPSA) is 20.3 Å². The lowest BCUT2D eigenvalue weighted by atomic mass is 9.95. The molecule has 2 heteroatoms. The average Bonchev–Trinajstić information content (AvgIpc) is 2.13. The fourth-order valence-electron chi connectivity index (χ4n) is 1.34. The van der Waals surface area contributed by atoms with E-state index in [1.54, 1.807) is 0 Å². The van der Waals surface area contributed by atoms with Crippen LogP contribution in [-0.4, -0.2) is 24.4 Å². The number of hydrogen-bond donors (Lipinski definition) is 0. The summed E-state index contributed by atoms with van der Waals surface area (Å²) < 4.78 is 0. The van der Waals surface area contributed by atoms with Gasteiger partial charge in [-0.3, -0.25) is 4.79 Å². The Morgan fingerprint density at radius 3 is 2.40 bits per heavy atom. The van der Waals surface area contributed by atoms with E-state index in [0.29, 0.717) is 17.7 Å². The summed E-state index contributed by atoms with van der Waals surface area (Å²) in [6.45, 7) is 5.31. The molecule has 0 spiro atoms. The first kappa shape index (κ1) is 7.58. The van der Waals surface area contributed by atoms with Crippen molar-refractivity contribution < 1.29 is 4.79 Å². The quantitative estimate of drug-likeness (QED) is 0.536. The Kier molecular flexibility index (Phi) is 1.97. The van der Waals surface area contributed by atoms with Crippen LogP contribution in [0.2, 0.25) is 0 Å². The minimum absolute atomic E-state index is 0.304. The second-order valence-electron chi connectivity index (χ2n) is 3.48. The van der Waals surface area contributed by atoms with Crippen LogP contribution < -0.4 is 0 Å². The number of carbonyl (C=O) groups excluding carboxylic acids is 1. The maximum atomic E-state index is 11.0. The average molecular weight is 141 g/mol. The number of amides is 1. The zero-order valence-electron chi connectivity index (χ0n) is 6.92. The van der Waals surface area contributed by atoms with Crippen LogP contribution in [0.5, 0.6) is 0 Å². The smallest absolute Gasteiger partial charge is 0.222 e. The summed E-state index contributed by atoms with van der Waals surface area (Å²) in [5, 5.41) is 0. The van der Waals surface area contributed by atoms with Gasteiger partial charge in [0.15, 0.2) is 0 Å². The van der Waals surface area contributed by atoms with Gasteiger partial charge in [-0.1, -0.05) is 13.8 Å². The van der Waals surface area contributed by atoms with Crippen molar-refractivity contribution in [2.24, 2.45) is 11.8 Å². The number of rotatable bonds is 1. The Bertz CT molecular complexity index is 142. The third-order valence-corrected chi connectivity index (χ3v) is 2.31. The molecule has 1 atom stereocenters. The van der Waals surface area contributed by atoms with Crippen LogP contribution in [0.3, 0.4) is 0 Å². The standard InChI is InChI=1S/C8H15NO/c1-6(2)7-4-8(10)9(3)5-7/h6-7H,4-5H2,1-3H3. The first-order valence-electron chi connectivity index (χ1n) is 3.85. The molecule has 0 aromatic heterocycles. The lowest BCUT2D eigenvalue weighted by Crippen LogP contribution is -2.19. The Balaban J connectivity index is 2.49. The van der Waals surface area contributed by atoms with Crippen molar-refractivity contribution in [2.45, 2.75) is 20.3 Å². The van der Waals surface area contributed by atoms with Gasteiger partial charge >= 0.3 is 0 Å². The highest BCUT2D eigenvalue weighted by Crippen LogP contribution is 2.22. The Hall–Kier alpha value is -0.530. The molecule has 1 amide bonds. The van der Waals surface area contributed by atoms with Gasteiger partial charge in [-0.05, 0) is 11.8 Å². The maximum Gasteiger partial charge on any atom is 0.222 e. The van der Waals surface area contributed by atoms with Crippen LogP contribution in [0.15, 0.2) is 0 Å². The molecule has 1 heterocycles. The molecule has 0 radical (unpaired) electrons. The first-order chi connectivity index (χ1) is 4.61. The number of likely N-dealkylation sites (tertiary alicyclic amines) is 1. The van der Waals surface area contributed by atoms with Crippen LogP contribution in [0, 0.1) is 11.8 Å². The molecule has 0 saturated carbocycles. The summed E-state index contributed by atoms with van der Waals surface area (Å²) in [6.07, 6.45) is 0.758. The fourth-order valence-corrected chi connectivity index (χ4v) is 1.34. The molecule has 0 aromatic carbocycles. The van der Waals surface area contributed by atoms with E-state index in [0.717, 1.165) is 13.0 Å². The molecule has 0 aromatic rings. The largest absolute Gasteiger partial charge is 0.345 e. The van der Waals surface area contributed by atoms with E-state index in [2.05, 4.69) is 13.8 Å². The molecule has 0 N–H and O–H groups in total. The highest BCUT2D eigenvalue weighted by Gasteiger charge is 2.28. The zero-order chi connectivity index (χ0) is 7.72. The fraction of sp³-hybridized carbons (Fsp3) is 0.875. The maximum absolute atomic E-state index is 11.0. The number of nitrogens with zero attached hydrogens (tertiary/aromatic N) is 1. The number of carbonyl (C=O) groups is 1. The summed E-state index contributed by atoms with van der Waals surface area (Å²) in [5.74, 6) is 1.55. The molecule has 1 fully saturated rings. The molecule has 1 unspecified atom stereocenters. The SMILES string of the molecule is CC(C)C1CC(=O)N(C)C1. The van der Waals surface area contributed by atoms with E-state index in [9.17, 15) is 4.79 Å². The summed E-state index contributed by atoms with van der Waals surface area (Å²) in [7, 11) is 1.88. The van der Waals surface area contributed by atoms with E-state index in [1.807, 2.05) is 11.9 Å². The normalized spacial score (nSPS) is 26.6. The monoisotopic (exact) mass is 141 g/mol. The van der Waals surface area contributed by atoms with Crippen LogP contribution in [-0.2, 0) is 4.79 Å². The van der Waals surface area contributed by atoms with E-state index >= 15 is 0 Å². The second kappa shape index (κ2) is 2.60. The summed E-state index contributed by atoms with van der Waals surface area (Å²) in [5.41, 5.74) is 0. The van der Waals surface area contributed by atoms with Gasteiger partial charge in [0.25, 0.3) is 0 Å². The summed E-state index contributed by atoms with van der Waals surface area (Å²) in [6, 6.07) is 0. The van der Waals surface area contributed by atoms with Gasteiger partial charge in [0.1, 0.15) is 0 Å². The molecule has 1 aliphatic heterocycles. The van der Waals surface area contributed by atoms with Crippen molar-refractivity contribution in [3.63, 3.8) is 0 Å².